The Kier molecular flexibility index (Phi) is 3.99. The summed E-state index contributed by atoms with van der Waals surface area (Å²) in [6.07, 6.45) is 2.76. The molecule has 1 aromatic rings. The van der Waals surface area contributed by atoms with Gasteiger partial charge in [0.1, 0.15) is 0 Å². The first-order valence-corrected chi connectivity index (χ1v) is 6.75. The third-order valence-electron chi connectivity index (χ3n) is 3.10. The average Bonchev–Trinajstić information content (AvgIpc) is 3.09. The molecule has 0 aliphatic heterocycles. The molecule has 0 heterocycles. The molecule has 1 saturated carbocycles. The van der Waals surface area contributed by atoms with Crippen LogP contribution in [0, 0.1) is 5.92 Å². The van der Waals surface area contributed by atoms with E-state index in [1.54, 1.807) is 0 Å². The van der Waals surface area contributed by atoms with E-state index in [1.807, 2.05) is 12.1 Å². The summed E-state index contributed by atoms with van der Waals surface area (Å²) in [5.41, 5.74) is 2.22. The highest BCUT2D eigenvalue weighted by atomic mass is 35.5. The standard InChI is InChI=1S/C13H17Cl2N/c1-2-16(9-10-3-4-10)12-6-5-11(8-14)13(15)7-12/h5-7,10H,2-4,8-9H2,1H3. The van der Waals surface area contributed by atoms with Crippen molar-refractivity contribution in [3.8, 4) is 0 Å². The third-order valence-corrected chi connectivity index (χ3v) is 3.74. The second-order valence-electron chi connectivity index (χ2n) is 4.39. The Balaban J connectivity index is 2.13. The van der Waals surface area contributed by atoms with Gasteiger partial charge in [0.2, 0.25) is 0 Å². The lowest BCUT2D eigenvalue weighted by molar-refractivity contribution is 0.742. The smallest absolute Gasteiger partial charge is 0.0488 e. The zero-order chi connectivity index (χ0) is 11.5. The van der Waals surface area contributed by atoms with Crippen LogP contribution in [-0.4, -0.2) is 13.1 Å². The molecule has 0 spiro atoms. The highest BCUT2D eigenvalue weighted by Gasteiger charge is 2.24. The lowest BCUT2D eigenvalue weighted by Crippen LogP contribution is -2.25. The maximum atomic E-state index is 6.17. The van der Waals surface area contributed by atoms with Crippen molar-refractivity contribution in [2.45, 2.75) is 25.6 Å². The van der Waals surface area contributed by atoms with E-state index in [4.69, 9.17) is 23.2 Å². The highest BCUT2D eigenvalue weighted by molar-refractivity contribution is 6.32. The summed E-state index contributed by atoms with van der Waals surface area (Å²) in [6, 6.07) is 6.18. The first kappa shape index (κ1) is 12.1. The Labute approximate surface area is 107 Å². The third kappa shape index (κ3) is 2.83. The van der Waals surface area contributed by atoms with Crippen molar-refractivity contribution < 1.29 is 0 Å². The van der Waals surface area contributed by atoms with Crippen molar-refractivity contribution in [2.75, 3.05) is 18.0 Å². The Bertz CT molecular complexity index is 361. The van der Waals surface area contributed by atoms with E-state index >= 15 is 0 Å². The minimum atomic E-state index is 0.480. The van der Waals surface area contributed by atoms with E-state index in [1.165, 1.54) is 18.5 Å². The predicted octanol–water partition coefficient (Wildman–Crippen LogP) is 4.32. The van der Waals surface area contributed by atoms with Crippen molar-refractivity contribution in [1.82, 2.24) is 0 Å². The van der Waals surface area contributed by atoms with Crippen LogP contribution in [0.4, 0.5) is 5.69 Å². The van der Waals surface area contributed by atoms with Gasteiger partial charge in [0, 0.05) is 29.7 Å². The molecule has 0 aromatic heterocycles. The first-order valence-electron chi connectivity index (χ1n) is 5.84. The van der Waals surface area contributed by atoms with Gasteiger partial charge in [-0.25, -0.2) is 0 Å². The van der Waals surface area contributed by atoms with E-state index in [0.29, 0.717) is 5.88 Å². The summed E-state index contributed by atoms with van der Waals surface area (Å²) in [4.78, 5) is 2.39. The molecule has 0 bridgehead atoms. The molecule has 88 valence electrons. The lowest BCUT2D eigenvalue weighted by atomic mass is 10.2. The summed E-state index contributed by atoms with van der Waals surface area (Å²) in [6.45, 7) is 4.38. The average molecular weight is 258 g/mol. The maximum Gasteiger partial charge on any atom is 0.0488 e. The molecule has 3 heteroatoms. The van der Waals surface area contributed by atoms with E-state index in [0.717, 1.165) is 29.6 Å². The Morgan fingerprint density at radius 2 is 2.12 bits per heavy atom. The molecule has 0 atom stereocenters. The zero-order valence-corrected chi connectivity index (χ0v) is 11.1. The fourth-order valence-corrected chi connectivity index (χ4v) is 2.41. The molecule has 16 heavy (non-hydrogen) atoms. The van der Waals surface area contributed by atoms with Crippen LogP contribution in [0.5, 0.6) is 0 Å². The number of alkyl halides is 1. The SMILES string of the molecule is CCN(CC1CC1)c1ccc(CCl)c(Cl)c1. The lowest BCUT2D eigenvalue weighted by Gasteiger charge is -2.23. The number of hydrogen-bond acceptors (Lipinski definition) is 1. The van der Waals surface area contributed by atoms with Gasteiger partial charge in [-0.2, -0.15) is 0 Å². The minimum absolute atomic E-state index is 0.480. The minimum Gasteiger partial charge on any atom is -0.371 e. The number of halogens is 2. The van der Waals surface area contributed by atoms with Crippen LogP contribution in [0.1, 0.15) is 25.3 Å². The van der Waals surface area contributed by atoms with E-state index in [9.17, 15) is 0 Å². The molecule has 0 N–H and O–H groups in total. The molecule has 0 radical (unpaired) electrons. The van der Waals surface area contributed by atoms with E-state index in [-0.39, 0.29) is 0 Å². The monoisotopic (exact) mass is 257 g/mol. The molecule has 1 aliphatic rings. The quantitative estimate of drug-likeness (QED) is 0.711. The summed E-state index contributed by atoms with van der Waals surface area (Å²) >= 11 is 12.0. The Morgan fingerprint density at radius 3 is 2.62 bits per heavy atom. The van der Waals surface area contributed by atoms with Crippen LogP contribution in [0.3, 0.4) is 0 Å². The fraction of sp³-hybridized carbons (Fsp3) is 0.538. The van der Waals surface area contributed by atoms with Crippen molar-refractivity contribution in [3.05, 3.63) is 28.8 Å². The number of rotatable bonds is 5. The molecule has 1 fully saturated rings. The number of benzene rings is 1. The fourth-order valence-electron chi connectivity index (χ4n) is 1.87. The van der Waals surface area contributed by atoms with E-state index < -0.39 is 0 Å². The van der Waals surface area contributed by atoms with Crippen LogP contribution < -0.4 is 4.90 Å². The second kappa shape index (κ2) is 5.29. The number of anilines is 1. The number of nitrogens with zero attached hydrogens (tertiary/aromatic N) is 1. The molecule has 1 aliphatic carbocycles. The summed E-state index contributed by atoms with van der Waals surface area (Å²) in [5.74, 6) is 1.37. The largest absolute Gasteiger partial charge is 0.371 e. The van der Waals surface area contributed by atoms with Gasteiger partial charge in [-0.15, -0.1) is 11.6 Å². The first-order chi connectivity index (χ1) is 7.74. The Morgan fingerprint density at radius 1 is 1.38 bits per heavy atom. The molecule has 0 saturated heterocycles. The molecule has 0 unspecified atom stereocenters. The van der Waals surface area contributed by atoms with E-state index in [2.05, 4.69) is 17.9 Å². The van der Waals surface area contributed by atoms with Gasteiger partial charge in [0.05, 0.1) is 0 Å². The summed E-state index contributed by atoms with van der Waals surface area (Å²) in [5, 5.41) is 0.779. The normalized spacial score (nSPS) is 15.2. The molecular formula is C13H17Cl2N. The van der Waals surface area contributed by atoms with Gasteiger partial charge in [0.25, 0.3) is 0 Å². The zero-order valence-electron chi connectivity index (χ0n) is 9.55. The van der Waals surface area contributed by atoms with Gasteiger partial charge in [0.15, 0.2) is 0 Å². The Hall–Kier alpha value is -0.400. The molecule has 1 aromatic carbocycles. The predicted molar refractivity (Wildman–Crippen MR) is 71.6 cm³/mol. The van der Waals surface area contributed by atoms with Gasteiger partial charge >= 0.3 is 0 Å². The van der Waals surface area contributed by atoms with Gasteiger partial charge in [-0.05, 0) is 43.4 Å². The van der Waals surface area contributed by atoms with Crippen LogP contribution in [0.15, 0.2) is 18.2 Å². The van der Waals surface area contributed by atoms with Crippen LogP contribution in [0.25, 0.3) is 0 Å². The van der Waals surface area contributed by atoms with Crippen LogP contribution in [0.2, 0.25) is 5.02 Å². The van der Waals surface area contributed by atoms with Crippen molar-refractivity contribution in [1.29, 1.82) is 0 Å². The summed E-state index contributed by atoms with van der Waals surface area (Å²) < 4.78 is 0. The van der Waals surface area contributed by atoms with Crippen LogP contribution in [-0.2, 0) is 5.88 Å². The van der Waals surface area contributed by atoms with Crippen LogP contribution >= 0.6 is 23.2 Å². The molecular weight excluding hydrogens is 241 g/mol. The van der Waals surface area contributed by atoms with Crippen molar-refractivity contribution in [2.24, 2.45) is 5.92 Å². The molecule has 0 amide bonds. The van der Waals surface area contributed by atoms with Crippen molar-refractivity contribution in [3.63, 3.8) is 0 Å². The summed E-state index contributed by atoms with van der Waals surface area (Å²) in [7, 11) is 0. The topological polar surface area (TPSA) is 3.24 Å². The van der Waals surface area contributed by atoms with Gasteiger partial charge in [-0.3, -0.25) is 0 Å². The van der Waals surface area contributed by atoms with Gasteiger partial charge in [-0.1, -0.05) is 17.7 Å². The van der Waals surface area contributed by atoms with Gasteiger partial charge < -0.3 is 4.90 Å². The number of hydrogen-bond donors (Lipinski definition) is 0. The maximum absolute atomic E-state index is 6.17. The van der Waals surface area contributed by atoms with Crippen molar-refractivity contribution >= 4 is 28.9 Å². The molecule has 1 nitrogen and oxygen atoms in total. The highest BCUT2D eigenvalue weighted by Crippen LogP contribution is 2.32. The molecule has 2 rings (SSSR count). The second-order valence-corrected chi connectivity index (χ2v) is 5.07.